The topological polar surface area (TPSA) is 43.4 Å². The lowest BCUT2D eigenvalue weighted by Crippen LogP contribution is -2.24. The molecule has 2 rings (SSSR count). The van der Waals surface area contributed by atoms with E-state index in [9.17, 15) is 14.0 Å². The second-order valence-corrected chi connectivity index (χ2v) is 5.11. The van der Waals surface area contributed by atoms with Crippen molar-refractivity contribution in [2.24, 2.45) is 5.92 Å². The molecule has 0 N–H and O–H groups in total. The van der Waals surface area contributed by atoms with Crippen LogP contribution in [0.3, 0.4) is 0 Å². The monoisotopic (exact) mass is 314 g/mol. The summed E-state index contributed by atoms with van der Waals surface area (Å²) in [5.74, 6) is -1.96. The zero-order valence-electron chi connectivity index (χ0n) is 9.83. The van der Waals surface area contributed by atoms with Crippen LogP contribution in [0.2, 0.25) is 0 Å². The van der Waals surface area contributed by atoms with E-state index in [1.807, 2.05) is 0 Å². The number of halogens is 2. The zero-order chi connectivity index (χ0) is 13.3. The normalized spacial score (nSPS) is 19.1. The Hall–Kier alpha value is -1.23. The summed E-state index contributed by atoms with van der Waals surface area (Å²) in [5, 5.41) is 0. The summed E-state index contributed by atoms with van der Waals surface area (Å²) in [6.07, 6.45) is 1.71. The Kier molecular flexibility index (Phi) is 3.80. The van der Waals surface area contributed by atoms with Gasteiger partial charge >= 0.3 is 5.97 Å². The van der Waals surface area contributed by atoms with Gasteiger partial charge in [-0.3, -0.25) is 9.59 Å². The quantitative estimate of drug-likeness (QED) is 0.455. The highest BCUT2D eigenvalue weighted by molar-refractivity contribution is 9.10. The maximum atomic E-state index is 13.4. The Bertz CT molecular complexity index is 513. The number of benzene rings is 1. The first kappa shape index (κ1) is 13.2. The predicted molar refractivity (Wildman–Crippen MR) is 66.9 cm³/mol. The highest BCUT2D eigenvalue weighted by Gasteiger charge is 2.32. The average molecular weight is 315 g/mol. The molecule has 1 aliphatic rings. The lowest BCUT2D eigenvalue weighted by atomic mass is 9.95. The molecule has 1 aliphatic carbocycles. The molecule has 0 spiro atoms. The SMILES string of the molecule is COC(=O)C1CCCc2cc(F)c(Br)cc2C1=O. The van der Waals surface area contributed by atoms with Crippen LogP contribution in [-0.4, -0.2) is 18.9 Å². The van der Waals surface area contributed by atoms with Crippen molar-refractivity contribution in [2.45, 2.75) is 19.3 Å². The molecule has 0 fully saturated rings. The number of rotatable bonds is 1. The predicted octanol–water partition coefficient (Wildman–Crippen LogP) is 2.90. The Morgan fingerprint density at radius 1 is 1.50 bits per heavy atom. The van der Waals surface area contributed by atoms with Gasteiger partial charge in [0.15, 0.2) is 5.78 Å². The Labute approximate surface area is 112 Å². The first-order chi connectivity index (χ1) is 8.54. The van der Waals surface area contributed by atoms with Crippen LogP contribution in [0.4, 0.5) is 4.39 Å². The van der Waals surface area contributed by atoms with E-state index in [1.54, 1.807) is 0 Å². The van der Waals surface area contributed by atoms with Gasteiger partial charge in [0.1, 0.15) is 11.7 Å². The van der Waals surface area contributed by atoms with Crippen LogP contribution in [0.25, 0.3) is 0 Å². The van der Waals surface area contributed by atoms with Crippen LogP contribution in [0.15, 0.2) is 16.6 Å². The number of fused-ring (bicyclic) bond motifs is 1. The first-order valence-electron chi connectivity index (χ1n) is 5.64. The molecular formula is C13H12BrFO3. The highest BCUT2D eigenvalue weighted by atomic mass is 79.9. The second-order valence-electron chi connectivity index (χ2n) is 4.26. The lowest BCUT2D eigenvalue weighted by Gasteiger charge is -2.11. The molecule has 1 unspecified atom stereocenters. The number of ketones is 1. The molecular weight excluding hydrogens is 303 g/mol. The fraction of sp³-hybridized carbons (Fsp3) is 0.385. The van der Waals surface area contributed by atoms with Crippen LogP contribution in [0.5, 0.6) is 0 Å². The Balaban J connectivity index is 2.46. The van der Waals surface area contributed by atoms with Gasteiger partial charge in [-0.05, 0) is 52.9 Å². The Morgan fingerprint density at radius 2 is 2.22 bits per heavy atom. The minimum atomic E-state index is -0.770. The molecule has 96 valence electrons. The zero-order valence-corrected chi connectivity index (χ0v) is 11.4. The minimum absolute atomic E-state index is 0.236. The summed E-state index contributed by atoms with van der Waals surface area (Å²) >= 11 is 3.06. The van der Waals surface area contributed by atoms with Crippen LogP contribution in [0.1, 0.15) is 28.8 Å². The standard InChI is InChI=1S/C13H12BrFO3/c1-18-13(17)8-4-2-3-7-5-11(15)10(14)6-9(7)12(8)16/h5-6,8H,2-4H2,1H3. The lowest BCUT2D eigenvalue weighted by molar-refractivity contribution is -0.143. The molecule has 0 bridgehead atoms. The molecule has 0 amide bonds. The van der Waals surface area contributed by atoms with E-state index < -0.39 is 17.7 Å². The van der Waals surface area contributed by atoms with Crippen molar-refractivity contribution in [2.75, 3.05) is 7.11 Å². The molecule has 5 heteroatoms. The number of hydrogen-bond donors (Lipinski definition) is 0. The molecule has 0 saturated carbocycles. The van der Waals surface area contributed by atoms with Gasteiger partial charge in [0, 0.05) is 5.56 Å². The average Bonchev–Trinajstić information content (AvgIpc) is 2.50. The summed E-state index contributed by atoms with van der Waals surface area (Å²) in [5.41, 5.74) is 1.07. The first-order valence-corrected chi connectivity index (χ1v) is 6.44. The smallest absolute Gasteiger partial charge is 0.316 e. The van der Waals surface area contributed by atoms with Crippen LogP contribution < -0.4 is 0 Å². The molecule has 0 aliphatic heterocycles. The van der Waals surface area contributed by atoms with E-state index in [4.69, 9.17) is 0 Å². The summed E-state index contributed by atoms with van der Waals surface area (Å²) in [4.78, 5) is 23.8. The van der Waals surface area contributed by atoms with Gasteiger partial charge in [0.2, 0.25) is 0 Å². The summed E-state index contributed by atoms with van der Waals surface area (Å²) in [6.45, 7) is 0. The number of methoxy groups -OCH3 is 1. The Morgan fingerprint density at radius 3 is 2.89 bits per heavy atom. The molecule has 0 heterocycles. The van der Waals surface area contributed by atoms with E-state index in [2.05, 4.69) is 20.7 Å². The van der Waals surface area contributed by atoms with E-state index >= 15 is 0 Å². The molecule has 0 radical (unpaired) electrons. The number of hydrogen-bond acceptors (Lipinski definition) is 3. The summed E-state index contributed by atoms with van der Waals surface area (Å²) in [6, 6.07) is 2.81. The summed E-state index contributed by atoms with van der Waals surface area (Å²) < 4.78 is 18.3. The van der Waals surface area contributed by atoms with E-state index in [0.717, 1.165) is 0 Å². The fourth-order valence-electron chi connectivity index (χ4n) is 2.21. The van der Waals surface area contributed by atoms with Crippen molar-refractivity contribution in [1.29, 1.82) is 0 Å². The fourth-order valence-corrected chi connectivity index (χ4v) is 2.55. The third-order valence-electron chi connectivity index (χ3n) is 3.15. The maximum absolute atomic E-state index is 13.4. The van der Waals surface area contributed by atoms with Gasteiger partial charge < -0.3 is 4.74 Å². The summed E-state index contributed by atoms with van der Waals surface area (Å²) in [7, 11) is 1.27. The molecule has 1 aromatic rings. The molecule has 1 atom stereocenters. The van der Waals surface area contributed by atoms with Crippen LogP contribution in [0, 0.1) is 11.7 Å². The van der Waals surface area contributed by atoms with Crippen molar-refractivity contribution in [1.82, 2.24) is 0 Å². The number of carbonyl (C=O) groups excluding carboxylic acids is 2. The molecule has 0 saturated heterocycles. The highest BCUT2D eigenvalue weighted by Crippen LogP contribution is 2.29. The van der Waals surface area contributed by atoms with Crippen molar-refractivity contribution < 1.29 is 18.7 Å². The molecule has 18 heavy (non-hydrogen) atoms. The number of esters is 1. The van der Waals surface area contributed by atoms with Crippen LogP contribution in [-0.2, 0) is 16.0 Å². The number of ether oxygens (including phenoxy) is 1. The third-order valence-corrected chi connectivity index (χ3v) is 3.76. The van der Waals surface area contributed by atoms with E-state index in [1.165, 1.54) is 19.2 Å². The maximum Gasteiger partial charge on any atom is 0.316 e. The van der Waals surface area contributed by atoms with Gasteiger partial charge in [-0.2, -0.15) is 0 Å². The molecule has 1 aromatic carbocycles. The van der Waals surface area contributed by atoms with Gasteiger partial charge in [-0.1, -0.05) is 0 Å². The molecule has 0 aromatic heterocycles. The largest absolute Gasteiger partial charge is 0.468 e. The van der Waals surface area contributed by atoms with Crippen molar-refractivity contribution in [3.63, 3.8) is 0 Å². The number of Topliss-reactive ketones (excluding diaryl/α,β-unsaturated/α-hetero) is 1. The van der Waals surface area contributed by atoms with Crippen molar-refractivity contribution >= 4 is 27.7 Å². The number of carbonyl (C=O) groups is 2. The third kappa shape index (κ3) is 2.32. The van der Waals surface area contributed by atoms with E-state index in [-0.39, 0.29) is 10.3 Å². The van der Waals surface area contributed by atoms with E-state index in [0.29, 0.717) is 30.4 Å². The van der Waals surface area contributed by atoms with Crippen molar-refractivity contribution in [3.05, 3.63) is 33.5 Å². The molecule has 3 nitrogen and oxygen atoms in total. The second kappa shape index (κ2) is 5.18. The van der Waals surface area contributed by atoms with Gasteiger partial charge in [0.25, 0.3) is 0 Å². The van der Waals surface area contributed by atoms with Gasteiger partial charge in [-0.15, -0.1) is 0 Å². The van der Waals surface area contributed by atoms with Crippen molar-refractivity contribution in [3.8, 4) is 0 Å². The van der Waals surface area contributed by atoms with Gasteiger partial charge in [0.05, 0.1) is 11.6 Å². The van der Waals surface area contributed by atoms with Gasteiger partial charge in [-0.25, -0.2) is 4.39 Å². The number of aryl methyl sites for hydroxylation is 1. The minimum Gasteiger partial charge on any atom is -0.468 e. The van der Waals surface area contributed by atoms with Crippen LogP contribution >= 0.6 is 15.9 Å².